The summed E-state index contributed by atoms with van der Waals surface area (Å²) in [6, 6.07) is 0.448. The van der Waals surface area contributed by atoms with Gasteiger partial charge in [-0.1, -0.05) is 19.3 Å². The molecule has 1 aliphatic carbocycles. The first-order valence-corrected chi connectivity index (χ1v) is 5.42. The van der Waals surface area contributed by atoms with Crippen molar-refractivity contribution in [3.05, 3.63) is 0 Å². The van der Waals surface area contributed by atoms with Crippen molar-refractivity contribution < 1.29 is 0 Å². The van der Waals surface area contributed by atoms with Gasteiger partial charge in [-0.2, -0.15) is 0 Å². The highest BCUT2D eigenvalue weighted by Crippen LogP contribution is 2.26. The van der Waals surface area contributed by atoms with Crippen LogP contribution in [-0.2, 0) is 0 Å². The van der Waals surface area contributed by atoms with Gasteiger partial charge in [0.15, 0.2) is 5.11 Å². The van der Waals surface area contributed by atoms with Gasteiger partial charge in [-0.3, -0.25) is 0 Å². The van der Waals surface area contributed by atoms with Crippen LogP contribution >= 0.6 is 12.2 Å². The minimum Gasteiger partial charge on any atom is -0.359 e. The molecule has 13 heavy (non-hydrogen) atoms. The molecule has 0 saturated heterocycles. The summed E-state index contributed by atoms with van der Waals surface area (Å²) in [6.07, 6.45) is 6.75. The molecule has 1 rings (SSSR count). The third kappa shape index (κ3) is 3.48. The average Bonchev–Trinajstić information content (AvgIpc) is 2.19. The van der Waals surface area contributed by atoms with Crippen molar-refractivity contribution >= 4 is 17.3 Å². The van der Waals surface area contributed by atoms with Crippen molar-refractivity contribution in [1.82, 2.24) is 10.7 Å². The smallest absolute Gasteiger partial charge is 0.180 e. The van der Waals surface area contributed by atoms with E-state index in [4.69, 9.17) is 18.1 Å². The molecule has 76 valence electrons. The summed E-state index contributed by atoms with van der Waals surface area (Å²) in [5.41, 5.74) is 2.46. The van der Waals surface area contributed by atoms with E-state index in [-0.39, 0.29) is 0 Å². The second-order valence-corrected chi connectivity index (χ2v) is 4.21. The molecule has 1 fully saturated rings. The van der Waals surface area contributed by atoms with Gasteiger partial charge in [-0.15, -0.1) is 0 Å². The lowest BCUT2D eigenvalue weighted by Crippen LogP contribution is -2.46. The molecule has 0 heterocycles. The Morgan fingerprint density at radius 2 is 2.00 bits per heavy atom. The third-order valence-corrected chi connectivity index (χ3v) is 3.08. The quantitative estimate of drug-likeness (QED) is 0.358. The molecule has 1 aliphatic rings. The van der Waals surface area contributed by atoms with Crippen LogP contribution in [-0.4, -0.2) is 11.2 Å². The van der Waals surface area contributed by atoms with Crippen LogP contribution in [0.2, 0.25) is 0 Å². The van der Waals surface area contributed by atoms with Crippen LogP contribution in [0.25, 0.3) is 0 Å². The average molecular weight is 201 g/mol. The molecule has 1 unspecified atom stereocenters. The molecule has 1 saturated carbocycles. The highest BCUT2D eigenvalue weighted by Gasteiger charge is 2.19. The number of nitrogens with one attached hydrogen (secondary N) is 2. The number of thiocarbonyl (C=S) groups is 1. The normalized spacial score (nSPS) is 20.8. The van der Waals surface area contributed by atoms with Gasteiger partial charge in [-0.25, -0.2) is 5.84 Å². The van der Waals surface area contributed by atoms with E-state index in [1.165, 1.54) is 32.1 Å². The maximum atomic E-state index is 5.20. The Balaban J connectivity index is 2.28. The first kappa shape index (κ1) is 10.7. The summed E-state index contributed by atoms with van der Waals surface area (Å²) < 4.78 is 0. The van der Waals surface area contributed by atoms with Crippen LogP contribution in [0.4, 0.5) is 0 Å². The Morgan fingerprint density at radius 1 is 1.38 bits per heavy atom. The monoisotopic (exact) mass is 201 g/mol. The zero-order chi connectivity index (χ0) is 9.68. The van der Waals surface area contributed by atoms with Gasteiger partial charge in [0.05, 0.1) is 0 Å². The molecule has 0 radical (unpaired) electrons. The van der Waals surface area contributed by atoms with Crippen molar-refractivity contribution in [2.45, 2.75) is 45.1 Å². The van der Waals surface area contributed by atoms with Crippen molar-refractivity contribution in [2.24, 2.45) is 11.8 Å². The molecule has 1 atom stereocenters. The molecule has 0 aromatic rings. The second-order valence-electron chi connectivity index (χ2n) is 3.80. The van der Waals surface area contributed by atoms with Gasteiger partial charge in [-0.05, 0) is 37.9 Å². The first-order chi connectivity index (χ1) is 6.24. The summed E-state index contributed by atoms with van der Waals surface area (Å²) in [6.45, 7) is 2.18. The molecule has 4 heteroatoms. The number of nitrogens with two attached hydrogens (primary N) is 1. The van der Waals surface area contributed by atoms with E-state index in [1.807, 2.05) is 0 Å². The van der Waals surface area contributed by atoms with E-state index in [1.54, 1.807) is 0 Å². The van der Waals surface area contributed by atoms with E-state index >= 15 is 0 Å². The lowest BCUT2D eigenvalue weighted by atomic mass is 9.85. The highest BCUT2D eigenvalue weighted by atomic mass is 32.1. The molecular formula is C9H19N3S. The van der Waals surface area contributed by atoms with Gasteiger partial charge in [0.1, 0.15) is 0 Å². The van der Waals surface area contributed by atoms with E-state index in [2.05, 4.69) is 17.7 Å². The van der Waals surface area contributed by atoms with Crippen LogP contribution in [0.3, 0.4) is 0 Å². The summed E-state index contributed by atoms with van der Waals surface area (Å²) in [4.78, 5) is 0. The molecule has 0 aromatic heterocycles. The molecule has 0 aliphatic heterocycles. The molecular weight excluding hydrogens is 182 g/mol. The fourth-order valence-electron chi connectivity index (χ4n) is 2.00. The maximum Gasteiger partial charge on any atom is 0.180 e. The highest BCUT2D eigenvalue weighted by molar-refractivity contribution is 7.80. The van der Waals surface area contributed by atoms with Crippen LogP contribution in [0.15, 0.2) is 0 Å². The Bertz CT molecular complexity index is 166. The standard InChI is InChI=1S/C9H19N3S/c1-7(11-9(13)12-10)8-5-3-2-4-6-8/h7-8H,2-6,10H2,1H3,(H2,11,12,13). The number of hydrogen-bond donors (Lipinski definition) is 3. The zero-order valence-electron chi connectivity index (χ0n) is 8.18. The Hall–Kier alpha value is -0.350. The first-order valence-electron chi connectivity index (χ1n) is 5.01. The van der Waals surface area contributed by atoms with E-state index in [9.17, 15) is 0 Å². The second kappa shape index (κ2) is 5.40. The third-order valence-electron chi connectivity index (χ3n) is 2.85. The lowest BCUT2D eigenvalue weighted by molar-refractivity contribution is 0.301. The van der Waals surface area contributed by atoms with Gasteiger partial charge in [0, 0.05) is 6.04 Å². The fraction of sp³-hybridized carbons (Fsp3) is 0.889. The van der Waals surface area contributed by atoms with E-state index in [0.29, 0.717) is 11.2 Å². The van der Waals surface area contributed by atoms with Crippen molar-refractivity contribution in [2.75, 3.05) is 0 Å². The van der Waals surface area contributed by atoms with Gasteiger partial charge in [0.25, 0.3) is 0 Å². The van der Waals surface area contributed by atoms with Crippen LogP contribution in [0, 0.1) is 5.92 Å². The van der Waals surface area contributed by atoms with Gasteiger partial charge < -0.3 is 10.7 Å². The van der Waals surface area contributed by atoms with E-state index < -0.39 is 0 Å². The predicted octanol–water partition coefficient (Wildman–Crippen LogP) is 1.29. The fourth-order valence-corrected chi connectivity index (χ4v) is 2.19. The van der Waals surface area contributed by atoms with E-state index in [0.717, 1.165) is 5.92 Å². The maximum absolute atomic E-state index is 5.20. The van der Waals surface area contributed by atoms with Crippen molar-refractivity contribution in [3.8, 4) is 0 Å². The van der Waals surface area contributed by atoms with Crippen molar-refractivity contribution in [3.63, 3.8) is 0 Å². The van der Waals surface area contributed by atoms with Crippen LogP contribution in [0.5, 0.6) is 0 Å². The zero-order valence-corrected chi connectivity index (χ0v) is 8.99. The van der Waals surface area contributed by atoms with Crippen LogP contribution < -0.4 is 16.6 Å². The molecule has 3 nitrogen and oxygen atoms in total. The van der Waals surface area contributed by atoms with Crippen LogP contribution in [0.1, 0.15) is 39.0 Å². The SMILES string of the molecule is CC(NC(=S)NN)C1CCCCC1. The minimum absolute atomic E-state index is 0.448. The topological polar surface area (TPSA) is 50.1 Å². The number of hydrazine groups is 1. The van der Waals surface area contributed by atoms with Crippen molar-refractivity contribution in [1.29, 1.82) is 0 Å². The summed E-state index contributed by atoms with van der Waals surface area (Å²) in [7, 11) is 0. The Morgan fingerprint density at radius 3 is 2.54 bits per heavy atom. The van der Waals surface area contributed by atoms with Gasteiger partial charge in [0.2, 0.25) is 0 Å². The number of rotatable bonds is 2. The molecule has 0 aromatic carbocycles. The molecule has 0 amide bonds. The predicted molar refractivity (Wildman–Crippen MR) is 59.1 cm³/mol. The molecule has 4 N–H and O–H groups in total. The number of hydrogen-bond acceptors (Lipinski definition) is 2. The summed E-state index contributed by atoms with van der Waals surface area (Å²) >= 11 is 4.95. The van der Waals surface area contributed by atoms with Gasteiger partial charge >= 0.3 is 0 Å². The minimum atomic E-state index is 0.448. The Labute approximate surface area is 85.4 Å². The summed E-state index contributed by atoms with van der Waals surface area (Å²) in [5.74, 6) is 5.96. The molecule has 0 bridgehead atoms. The Kier molecular flexibility index (Phi) is 4.45. The largest absolute Gasteiger partial charge is 0.359 e. The molecule has 0 spiro atoms. The lowest BCUT2D eigenvalue weighted by Gasteiger charge is -2.28. The summed E-state index contributed by atoms with van der Waals surface area (Å²) in [5, 5.41) is 3.75.